The minimum atomic E-state index is 0.710. The van der Waals surface area contributed by atoms with Gasteiger partial charge in [0.1, 0.15) is 5.75 Å². The summed E-state index contributed by atoms with van der Waals surface area (Å²) in [5, 5.41) is 0. The number of nitrogens with zero attached hydrogens (tertiary/aromatic N) is 2. The maximum Gasteiger partial charge on any atom is 0.142 e. The summed E-state index contributed by atoms with van der Waals surface area (Å²) in [5.41, 5.74) is 9.43. The molecule has 0 saturated heterocycles. The van der Waals surface area contributed by atoms with Gasteiger partial charge in [-0.3, -0.25) is 4.98 Å². The quantitative estimate of drug-likeness (QED) is 0.678. The Kier molecular flexibility index (Phi) is 7.56. The molecule has 0 unspecified atom stereocenters. The second kappa shape index (κ2) is 9.93. The smallest absolute Gasteiger partial charge is 0.142 e. The number of benzene rings is 1. The van der Waals surface area contributed by atoms with Crippen molar-refractivity contribution in [3.05, 3.63) is 53.9 Å². The van der Waals surface area contributed by atoms with E-state index in [9.17, 15) is 0 Å². The molecule has 0 aliphatic rings. The number of nitrogen functional groups attached to an aromatic ring is 1. The van der Waals surface area contributed by atoms with E-state index in [2.05, 4.69) is 41.9 Å². The number of ether oxygens (including phenoxy) is 1. The maximum atomic E-state index is 6.09. The lowest BCUT2D eigenvalue weighted by Crippen LogP contribution is -2.28. The fourth-order valence-electron chi connectivity index (χ4n) is 2.65. The number of hydrogen-bond donors (Lipinski definition) is 1. The zero-order chi connectivity index (χ0) is 17.2. The van der Waals surface area contributed by atoms with E-state index in [1.165, 1.54) is 11.1 Å². The van der Waals surface area contributed by atoms with Crippen molar-refractivity contribution in [2.24, 2.45) is 0 Å². The van der Waals surface area contributed by atoms with Gasteiger partial charge in [0, 0.05) is 25.5 Å². The molecule has 0 spiro atoms. The van der Waals surface area contributed by atoms with Crippen LogP contribution in [0, 0.1) is 0 Å². The minimum absolute atomic E-state index is 0.710. The van der Waals surface area contributed by atoms with E-state index in [0.29, 0.717) is 6.61 Å². The first kappa shape index (κ1) is 18.3. The molecular weight excluding hydrogens is 298 g/mol. The lowest BCUT2D eigenvalue weighted by atomic mass is 10.1. The third-order valence-corrected chi connectivity index (χ3v) is 4.17. The van der Waals surface area contributed by atoms with Crippen LogP contribution in [0.3, 0.4) is 0 Å². The number of anilines is 1. The highest BCUT2D eigenvalue weighted by atomic mass is 16.5. The number of pyridine rings is 1. The number of nitrogens with two attached hydrogens (primary N) is 1. The largest absolute Gasteiger partial charge is 0.491 e. The predicted molar refractivity (Wildman–Crippen MR) is 100 cm³/mol. The zero-order valence-electron chi connectivity index (χ0n) is 14.9. The third-order valence-electron chi connectivity index (χ3n) is 4.17. The number of aromatic nitrogens is 1. The van der Waals surface area contributed by atoms with Crippen molar-refractivity contribution >= 4 is 5.69 Å². The van der Waals surface area contributed by atoms with Crippen LogP contribution in [0.15, 0.2) is 42.7 Å². The number of hydrogen-bond acceptors (Lipinski definition) is 4. The molecule has 0 radical (unpaired) electrons. The Bertz CT molecular complexity index is 601. The summed E-state index contributed by atoms with van der Waals surface area (Å²) in [6.45, 7) is 8.17. The van der Waals surface area contributed by atoms with Gasteiger partial charge in [-0.05, 0) is 61.2 Å². The average molecular weight is 327 g/mol. The molecular formula is C20H29N3O. The molecule has 0 aliphatic carbocycles. The molecule has 1 heterocycles. The van der Waals surface area contributed by atoms with Gasteiger partial charge in [-0.2, -0.15) is 0 Å². The van der Waals surface area contributed by atoms with Gasteiger partial charge in [0.05, 0.1) is 12.3 Å². The van der Waals surface area contributed by atoms with E-state index in [1.807, 2.05) is 24.5 Å². The molecule has 1 aromatic heterocycles. The Morgan fingerprint density at radius 2 is 1.71 bits per heavy atom. The van der Waals surface area contributed by atoms with Crippen molar-refractivity contribution in [2.45, 2.75) is 33.1 Å². The highest BCUT2D eigenvalue weighted by Crippen LogP contribution is 2.23. The fourth-order valence-corrected chi connectivity index (χ4v) is 2.65. The Hall–Kier alpha value is -2.07. The lowest BCUT2D eigenvalue weighted by Gasteiger charge is -2.20. The molecule has 0 atom stereocenters. The van der Waals surface area contributed by atoms with E-state index < -0.39 is 0 Å². The fraction of sp³-hybridized carbons (Fsp3) is 0.450. The zero-order valence-corrected chi connectivity index (χ0v) is 14.9. The van der Waals surface area contributed by atoms with Gasteiger partial charge >= 0.3 is 0 Å². The van der Waals surface area contributed by atoms with Crippen LogP contribution >= 0.6 is 0 Å². The summed E-state index contributed by atoms with van der Waals surface area (Å²) in [6, 6.07) is 10.3. The second-order valence-electron chi connectivity index (χ2n) is 6.01. The van der Waals surface area contributed by atoms with Crippen LogP contribution in [-0.4, -0.2) is 36.1 Å². The van der Waals surface area contributed by atoms with E-state index in [0.717, 1.165) is 50.3 Å². The van der Waals surface area contributed by atoms with Gasteiger partial charge in [0.15, 0.2) is 0 Å². The summed E-state index contributed by atoms with van der Waals surface area (Å²) in [5.74, 6) is 0.797. The molecule has 1 aromatic carbocycles. The molecule has 130 valence electrons. The summed E-state index contributed by atoms with van der Waals surface area (Å²) >= 11 is 0. The molecule has 2 N–H and O–H groups in total. The van der Waals surface area contributed by atoms with Gasteiger partial charge < -0.3 is 15.4 Å². The molecule has 2 aromatic rings. The maximum absolute atomic E-state index is 6.09. The van der Waals surface area contributed by atoms with E-state index in [-0.39, 0.29) is 0 Å². The number of rotatable bonds is 10. The number of likely N-dealkylation sites (N-methyl/N-ethyl adjacent to an activating group) is 1. The van der Waals surface area contributed by atoms with Crippen LogP contribution in [0.1, 0.15) is 31.4 Å². The Morgan fingerprint density at radius 1 is 1.00 bits per heavy atom. The molecule has 24 heavy (non-hydrogen) atoms. The highest BCUT2D eigenvalue weighted by molar-refractivity contribution is 5.54. The molecule has 0 bridgehead atoms. The van der Waals surface area contributed by atoms with Gasteiger partial charge in [-0.1, -0.05) is 19.9 Å². The monoisotopic (exact) mass is 327 g/mol. The van der Waals surface area contributed by atoms with Crippen molar-refractivity contribution in [2.75, 3.05) is 32.0 Å². The van der Waals surface area contributed by atoms with Gasteiger partial charge in [0.25, 0.3) is 0 Å². The molecule has 2 rings (SSSR count). The van der Waals surface area contributed by atoms with Crippen LogP contribution in [0.25, 0.3) is 0 Å². The van der Waals surface area contributed by atoms with Crippen molar-refractivity contribution in [1.82, 2.24) is 9.88 Å². The van der Waals surface area contributed by atoms with Crippen molar-refractivity contribution in [1.29, 1.82) is 0 Å². The van der Waals surface area contributed by atoms with Crippen LogP contribution in [-0.2, 0) is 12.8 Å². The molecule has 0 saturated carbocycles. The van der Waals surface area contributed by atoms with E-state index in [4.69, 9.17) is 10.5 Å². The van der Waals surface area contributed by atoms with Crippen LogP contribution < -0.4 is 10.5 Å². The molecule has 0 fully saturated rings. The first-order chi connectivity index (χ1) is 11.7. The van der Waals surface area contributed by atoms with E-state index in [1.54, 1.807) is 0 Å². The summed E-state index contributed by atoms with van der Waals surface area (Å²) in [6.07, 6.45) is 6.77. The summed E-state index contributed by atoms with van der Waals surface area (Å²) < 4.78 is 5.63. The van der Waals surface area contributed by atoms with Crippen LogP contribution in [0.5, 0.6) is 5.75 Å². The second-order valence-corrected chi connectivity index (χ2v) is 6.01. The predicted octanol–water partition coefficient (Wildman–Crippen LogP) is 3.56. The van der Waals surface area contributed by atoms with Crippen molar-refractivity contribution in [3.63, 3.8) is 0 Å². The highest BCUT2D eigenvalue weighted by Gasteiger charge is 2.06. The lowest BCUT2D eigenvalue weighted by molar-refractivity contribution is 0.295. The average Bonchev–Trinajstić information content (AvgIpc) is 2.62. The Labute approximate surface area is 145 Å². The van der Waals surface area contributed by atoms with Crippen LogP contribution in [0.2, 0.25) is 0 Å². The third kappa shape index (κ3) is 5.85. The SMILES string of the molecule is CCCOc1ccc(CCN(CC)CCc2ccncc2)cc1N. The first-order valence-electron chi connectivity index (χ1n) is 8.85. The molecule has 0 aliphatic heterocycles. The minimum Gasteiger partial charge on any atom is -0.491 e. The first-order valence-corrected chi connectivity index (χ1v) is 8.85. The Morgan fingerprint density at radius 3 is 2.33 bits per heavy atom. The normalized spacial score (nSPS) is 11.0. The van der Waals surface area contributed by atoms with Gasteiger partial charge in [-0.15, -0.1) is 0 Å². The van der Waals surface area contributed by atoms with E-state index >= 15 is 0 Å². The summed E-state index contributed by atoms with van der Waals surface area (Å²) in [4.78, 5) is 6.54. The Balaban J connectivity index is 1.83. The van der Waals surface area contributed by atoms with Crippen molar-refractivity contribution < 1.29 is 4.74 Å². The van der Waals surface area contributed by atoms with Gasteiger partial charge in [0.2, 0.25) is 0 Å². The van der Waals surface area contributed by atoms with Crippen molar-refractivity contribution in [3.8, 4) is 5.75 Å². The molecule has 0 amide bonds. The topological polar surface area (TPSA) is 51.4 Å². The van der Waals surface area contributed by atoms with Crippen LogP contribution in [0.4, 0.5) is 5.69 Å². The summed E-state index contributed by atoms with van der Waals surface area (Å²) in [7, 11) is 0. The standard InChI is InChI=1S/C20H29N3O/c1-3-15-24-20-6-5-18(16-19(20)21)10-14-23(4-2)13-9-17-7-11-22-12-8-17/h5-8,11-12,16H,3-4,9-10,13-15,21H2,1-2H3. The van der Waals surface area contributed by atoms with Gasteiger partial charge in [-0.25, -0.2) is 0 Å². The molecule has 4 nitrogen and oxygen atoms in total. The molecule has 4 heteroatoms.